The molecule has 0 aliphatic carbocycles. The molecule has 2 aliphatic rings. The quantitative estimate of drug-likeness (QED) is 0.878. The van der Waals surface area contributed by atoms with Crippen molar-refractivity contribution in [1.29, 1.82) is 0 Å². The van der Waals surface area contributed by atoms with Crippen LogP contribution in [0.15, 0.2) is 48.5 Å². The second-order valence-corrected chi connectivity index (χ2v) is 6.00. The third kappa shape index (κ3) is 2.04. The van der Waals surface area contributed by atoms with Crippen LogP contribution >= 0.6 is 11.6 Å². The maximum Gasteiger partial charge on any atom is 0.239 e. The van der Waals surface area contributed by atoms with E-state index >= 15 is 0 Å². The fourth-order valence-corrected chi connectivity index (χ4v) is 3.56. The summed E-state index contributed by atoms with van der Waals surface area (Å²) in [5.74, 6) is 0.0921. The largest absolute Gasteiger partial charge is 0.335 e. The molecule has 4 rings (SSSR count). The first kappa shape index (κ1) is 12.9. The number of hydrogen-bond donors (Lipinski definition) is 1. The van der Waals surface area contributed by atoms with Crippen molar-refractivity contribution in [3.8, 4) is 0 Å². The molecular formula is C17H15ClN2O. The number of rotatable bonds is 1. The Balaban J connectivity index is 1.74. The fraction of sp³-hybridized carbons (Fsp3) is 0.235. The lowest BCUT2D eigenvalue weighted by Gasteiger charge is -2.33. The van der Waals surface area contributed by atoms with Crippen LogP contribution in [0.25, 0.3) is 0 Å². The number of halogens is 1. The van der Waals surface area contributed by atoms with Crippen LogP contribution in [0.4, 0.5) is 0 Å². The zero-order valence-corrected chi connectivity index (χ0v) is 12.2. The number of fused-ring (bicyclic) bond motifs is 2. The average Bonchev–Trinajstić information content (AvgIpc) is 2.82. The zero-order valence-electron chi connectivity index (χ0n) is 11.4. The van der Waals surface area contributed by atoms with Gasteiger partial charge in [0.2, 0.25) is 5.91 Å². The first-order chi connectivity index (χ1) is 10.2. The predicted octanol–water partition coefficient (Wildman–Crippen LogP) is 2.90. The van der Waals surface area contributed by atoms with Gasteiger partial charge in [0.05, 0.1) is 6.04 Å². The SMILES string of the molecule is O=C1N[C@@H](c2ccccc2Cl)N2Cc3ccccc3C[C@H]12. The molecule has 2 atom stereocenters. The van der Waals surface area contributed by atoms with Crippen LogP contribution in [0.5, 0.6) is 0 Å². The van der Waals surface area contributed by atoms with E-state index in [1.807, 2.05) is 30.3 Å². The third-order valence-electron chi connectivity index (χ3n) is 4.40. The van der Waals surface area contributed by atoms with E-state index in [1.165, 1.54) is 11.1 Å². The molecule has 0 saturated carbocycles. The second-order valence-electron chi connectivity index (χ2n) is 5.59. The molecule has 1 N–H and O–H groups in total. The number of carbonyl (C=O) groups excluding carboxylic acids is 1. The summed E-state index contributed by atoms with van der Waals surface area (Å²) in [7, 11) is 0. The Morgan fingerprint density at radius 3 is 2.57 bits per heavy atom. The highest BCUT2D eigenvalue weighted by molar-refractivity contribution is 6.31. The van der Waals surface area contributed by atoms with E-state index in [2.05, 4.69) is 28.4 Å². The van der Waals surface area contributed by atoms with E-state index in [-0.39, 0.29) is 18.1 Å². The van der Waals surface area contributed by atoms with Crippen molar-refractivity contribution < 1.29 is 4.79 Å². The molecule has 106 valence electrons. The van der Waals surface area contributed by atoms with Gasteiger partial charge in [-0.25, -0.2) is 0 Å². The van der Waals surface area contributed by atoms with E-state index in [0.717, 1.165) is 18.5 Å². The van der Waals surface area contributed by atoms with Gasteiger partial charge in [-0.3, -0.25) is 9.69 Å². The van der Waals surface area contributed by atoms with Crippen LogP contribution in [0, 0.1) is 0 Å². The van der Waals surface area contributed by atoms with Crippen molar-refractivity contribution in [2.24, 2.45) is 0 Å². The molecule has 2 aromatic rings. The molecule has 1 saturated heterocycles. The molecule has 2 aliphatic heterocycles. The summed E-state index contributed by atoms with van der Waals surface area (Å²) in [6.45, 7) is 0.773. The normalized spacial score (nSPS) is 24.3. The summed E-state index contributed by atoms with van der Waals surface area (Å²) >= 11 is 6.31. The summed E-state index contributed by atoms with van der Waals surface area (Å²) in [5.41, 5.74) is 3.53. The minimum Gasteiger partial charge on any atom is -0.335 e. The molecule has 0 aromatic heterocycles. The van der Waals surface area contributed by atoms with E-state index in [1.54, 1.807) is 0 Å². The molecule has 4 heteroatoms. The van der Waals surface area contributed by atoms with Gasteiger partial charge < -0.3 is 5.32 Å². The first-order valence-electron chi connectivity index (χ1n) is 7.11. The van der Waals surface area contributed by atoms with Gasteiger partial charge in [-0.2, -0.15) is 0 Å². The van der Waals surface area contributed by atoms with Crippen molar-refractivity contribution in [3.63, 3.8) is 0 Å². The van der Waals surface area contributed by atoms with Crippen LogP contribution in [-0.2, 0) is 17.8 Å². The lowest BCUT2D eigenvalue weighted by atomic mass is 9.94. The van der Waals surface area contributed by atoms with Crippen molar-refractivity contribution in [1.82, 2.24) is 10.2 Å². The minimum atomic E-state index is -0.135. The van der Waals surface area contributed by atoms with Crippen LogP contribution in [0.3, 0.4) is 0 Å². The van der Waals surface area contributed by atoms with Crippen molar-refractivity contribution >= 4 is 17.5 Å². The van der Waals surface area contributed by atoms with Crippen LogP contribution in [0.2, 0.25) is 5.02 Å². The maximum absolute atomic E-state index is 12.3. The standard InChI is InChI=1S/C17H15ClN2O/c18-14-8-4-3-7-13(14)16-19-17(21)15-9-11-5-1-2-6-12(11)10-20(15)16/h1-8,15-16H,9-10H2,(H,19,21)/t15-,16-/m1/s1. The highest BCUT2D eigenvalue weighted by atomic mass is 35.5. The Bertz CT molecular complexity index is 715. The number of carbonyl (C=O) groups is 1. The molecule has 0 radical (unpaired) electrons. The average molecular weight is 299 g/mol. The molecular weight excluding hydrogens is 284 g/mol. The number of benzene rings is 2. The summed E-state index contributed by atoms with van der Waals surface area (Å²) in [4.78, 5) is 14.5. The minimum absolute atomic E-state index is 0.0921. The van der Waals surface area contributed by atoms with Crippen molar-refractivity contribution in [2.45, 2.75) is 25.2 Å². The topological polar surface area (TPSA) is 32.3 Å². The van der Waals surface area contributed by atoms with E-state index in [0.29, 0.717) is 5.02 Å². The van der Waals surface area contributed by atoms with Gasteiger partial charge in [-0.05, 0) is 23.6 Å². The van der Waals surface area contributed by atoms with Gasteiger partial charge in [-0.15, -0.1) is 0 Å². The van der Waals surface area contributed by atoms with Gasteiger partial charge in [0, 0.05) is 17.1 Å². The highest BCUT2D eigenvalue weighted by Crippen LogP contribution is 2.36. The second kappa shape index (κ2) is 4.86. The van der Waals surface area contributed by atoms with Crippen LogP contribution < -0.4 is 5.32 Å². The number of amides is 1. The van der Waals surface area contributed by atoms with Crippen LogP contribution in [-0.4, -0.2) is 16.8 Å². The lowest BCUT2D eigenvalue weighted by Crippen LogP contribution is -2.39. The molecule has 0 bridgehead atoms. The van der Waals surface area contributed by atoms with Gasteiger partial charge >= 0.3 is 0 Å². The number of nitrogens with zero attached hydrogens (tertiary/aromatic N) is 1. The molecule has 2 aromatic carbocycles. The fourth-order valence-electron chi connectivity index (χ4n) is 3.32. The van der Waals surface area contributed by atoms with Gasteiger partial charge in [-0.1, -0.05) is 54.1 Å². The molecule has 0 unspecified atom stereocenters. The Morgan fingerprint density at radius 2 is 1.76 bits per heavy atom. The summed E-state index contributed by atoms with van der Waals surface area (Å²) in [6.07, 6.45) is 0.632. The highest BCUT2D eigenvalue weighted by Gasteiger charge is 2.43. The van der Waals surface area contributed by atoms with E-state index in [9.17, 15) is 4.79 Å². The summed E-state index contributed by atoms with van der Waals surface area (Å²) in [6, 6.07) is 16.0. The Morgan fingerprint density at radius 1 is 1.05 bits per heavy atom. The monoisotopic (exact) mass is 298 g/mol. The molecule has 1 fully saturated rings. The summed E-state index contributed by atoms with van der Waals surface area (Å²) < 4.78 is 0. The van der Waals surface area contributed by atoms with E-state index in [4.69, 9.17) is 11.6 Å². The van der Waals surface area contributed by atoms with Gasteiger partial charge in [0.15, 0.2) is 0 Å². The lowest BCUT2D eigenvalue weighted by molar-refractivity contribution is -0.121. The van der Waals surface area contributed by atoms with E-state index < -0.39 is 0 Å². The number of hydrogen-bond acceptors (Lipinski definition) is 2. The van der Waals surface area contributed by atoms with Gasteiger partial charge in [0.1, 0.15) is 6.17 Å². The molecule has 0 spiro atoms. The van der Waals surface area contributed by atoms with Gasteiger partial charge in [0.25, 0.3) is 0 Å². The first-order valence-corrected chi connectivity index (χ1v) is 7.49. The third-order valence-corrected chi connectivity index (χ3v) is 4.74. The predicted molar refractivity (Wildman–Crippen MR) is 81.8 cm³/mol. The molecule has 1 amide bonds. The Hall–Kier alpha value is -1.84. The smallest absolute Gasteiger partial charge is 0.239 e. The molecule has 2 heterocycles. The Kier molecular flexibility index (Phi) is 2.98. The molecule has 21 heavy (non-hydrogen) atoms. The Labute approximate surface area is 128 Å². The maximum atomic E-state index is 12.3. The van der Waals surface area contributed by atoms with Crippen molar-refractivity contribution in [2.75, 3.05) is 0 Å². The summed E-state index contributed by atoms with van der Waals surface area (Å²) in [5, 5.41) is 3.79. The van der Waals surface area contributed by atoms with Crippen LogP contribution in [0.1, 0.15) is 22.9 Å². The zero-order chi connectivity index (χ0) is 14.4. The number of nitrogens with one attached hydrogen (secondary N) is 1. The molecule has 3 nitrogen and oxygen atoms in total. The van der Waals surface area contributed by atoms with Crippen molar-refractivity contribution in [3.05, 3.63) is 70.2 Å².